The number of hydrogen-bond acceptors (Lipinski definition) is 3. The zero-order valence-electron chi connectivity index (χ0n) is 25.1. The van der Waals surface area contributed by atoms with Crippen molar-refractivity contribution in [1.82, 2.24) is 5.32 Å². The number of carboxylic acid groups (broad SMARTS) is 2. The quantitative estimate of drug-likeness (QED) is 0.185. The third-order valence-electron chi connectivity index (χ3n) is 7.94. The Kier molecular flexibility index (Phi) is 17.3. The first kappa shape index (κ1) is 34.9. The standard InChI is InChI=1S/C20H31NO3.C14H20O2/c1-4-15(19(22)21-6-3)12-13-18(20(23)24)14-16(5-2)17-10-8-7-9-11-17;1-3-11(10-12(4-2)14(15)16)13-8-6-5-7-9-13/h7-11,15-16,18H,4-6,12-14H2,1-3H3,(H,21,22)(H,23,24);5-9,11-12H,3-4,10H2,1-2H3,(H,15,16). The molecule has 6 nitrogen and oxygen atoms in total. The van der Waals surface area contributed by atoms with E-state index in [-0.39, 0.29) is 23.7 Å². The Bertz CT molecular complexity index is 978. The maximum atomic E-state index is 12.0. The molecule has 5 unspecified atom stereocenters. The normalized spacial score (nSPS) is 14.5. The minimum atomic E-state index is -0.755. The number of carbonyl (C=O) groups is 3. The van der Waals surface area contributed by atoms with Gasteiger partial charge in [0.15, 0.2) is 0 Å². The molecular formula is C34H51NO5. The molecule has 0 heterocycles. The molecule has 3 N–H and O–H groups in total. The Hall–Kier alpha value is -3.15. The lowest BCUT2D eigenvalue weighted by Crippen LogP contribution is -2.31. The minimum Gasteiger partial charge on any atom is -0.481 e. The molecule has 0 aliphatic heterocycles. The highest BCUT2D eigenvalue weighted by Crippen LogP contribution is 2.31. The summed E-state index contributed by atoms with van der Waals surface area (Å²) < 4.78 is 0. The maximum absolute atomic E-state index is 12.0. The average Bonchev–Trinajstić information content (AvgIpc) is 2.96. The lowest BCUT2D eigenvalue weighted by Gasteiger charge is -2.22. The van der Waals surface area contributed by atoms with E-state index >= 15 is 0 Å². The van der Waals surface area contributed by atoms with Gasteiger partial charge in [-0.1, -0.05) is 88.4 Å². The van der Waals surface area contributed by atoms with Crippen molar-refractivity contribution in [2.45, 2.75) is 97.8 Å². The van der Waals surface area contributed by atoms with Crippen molar-refractivity contribution in [3.8, 4) is 0 Å². The minimum absolute atomic E-state index is 0.0410. The van der Waals surface area contributed by atoms with E-state index < -0.39 is 17.9 Å². The summed E-state index contributed by atoms with van der Waals surface area (Å²) in [5, 5.41) is 21.5. The monoisotopic (exact) mass is 553 g/mol. The fourth-order valence-corrected chi connectivity index (χ4v) is 5.24. The van der Waals surface area contributed by atoms with E-state index in [4.69, 9.17) is 5.11 Å². The number of carboxylic acids is 2. The molecule has 0 aliphatic carbocycles. The van der Waals surface area contributed by atoms with Crippen molar-refractivity contribution >= 4 is 17.8 Å². The van der Waals surface area contributed by atoms with Crippen LogP contribution < -0.4 is 5.32 Å². The van der Waals surface area contributed by atoms with E-state index in [0.29, 0.717) is 38.1 Å². The Morgan fingerprint density at radius 1 is 0.600 bits per heavy atom. The molecule has 222 valence electrons. The van der Waals surface area contributed by atoms with Crippen LogP contribution in [0.25, 0.3) is 0 Å². The summed E-state index contributed by atoms with van der Waals surface area (Å²) in [7, 11) is 0. The molecule has 0 fully saturated rings. The van der Waals surface area contributed by atoms with Crippen LogP contribution >= 0.6 is 0 Å². The molecule has 0 aromatic heterocycles. The summed E-state index contributed by atoms with van der Waals surface area (Å²) in [5.41, 5.74) is 2.45. The van der Waals surface area contributed by atoms with Gasteiger partial charge in [0.05, 0.1) is 11.8 Å². The number of amides is 1. The van der Waals surface area contributed by atoms with Gasteiger partial charge in [-0.3, -0.25) is 14.4 Å². The van der Waals surface area contributed by atoms with Crippen LogP contribution in [0.3, 0.4) is 0 Å². The largest absolute Gasteiger partial charge is 0.481 e. The first-order valence-corrected chi connectivity index (χ1v) is 15.0. The number of rotatable bonds is 17. The van der Waals surface area contributed by atoms with Gasteiger partial charge in [0.1, 0.15) is 0 Å². The predicted molar refractivity (Wildman–Crippen MR) is 162 cm³/mol. The second kappa shape index (κ2) is 19.8. The topological polar surface area (TPSA) is 104 Å². The maximum Gasteiger partial charge on any atom is 0.306 e. The van der Waals surface area contributed by atoms with Crippen molar-refractivity contribution in [2.75, 3.05) is 6.54 Å². The van der Waals surface area contributed by atoms with Crippen LogP contribution in [0.15, 0.2) is 60.7 Å². The molecule has 2 rings (SSSR count). The van der Waals surface area contributed by atoms with Gasteiger partial charge in [-0.15, -0.1) is 0 Å². The van der Waals surface area contributed by atoms with Gasteiger partial charge in [0.2, 0.25) is 5.91 Å². The summed E-state index contributed by atoms with van der Waals surface area (Å²) >= 11 is 0. The molecule has 2 aromatic carbocycles. The molecular weight excluding hydrogens is 502 g/mol. The van der Waals surface area contributed by atoms with Gasteiger partial charge in [-0.2, -0.15) is 0 Å². The summed E-state index contributed by atoms with van der Waals surface area (Å²) in [5.74, 6) is -1.49. The van der Waals surface area contributed by atoms with Crippen LogP contribution in [-0.2, 0) is 14.4 Å². The third kappa shape index (κ3) is 12.4. The second-order valence-electron chi connectivity index (χ2n) is 10.6. The third-order valence-corrected chi connectivity index (χ3v) is 7.94. The van der Waals surface area contributed by atoms with Gasteiger partial charge < -0.3 is 15.5 Å². The smallest absolute Gasteiger partial charge is 0.306 e. The molecule has 5 atom stereocenters. The van der Waals surface area contributed by atoms with Gasteiger partial charge in [-0.25, -0.2) is 0 Å². The van der Waals surface area contributed by atoms with E-state index in [1.165, 1.54) is 11.1 Å². The van der Waals surface area contributed by atoms with Gasteiger partial charge in [0.25, 0.3) is 0 Å². The molecule has 0 saturated carbocycles. The average molecular weight is 554 g/mol. The zero-order valence-corrected chi connectivity index (χ0v) is 25.1. The number of benzene rings is 2. The molecule has 6 heteroatoms. The number of carbonyl (C=O) groups excluding carboxylic acids is 1. The van der Waals surface area contributed by atoms with Gasteiger partial charge in [0, 0.05) is 12.5 Å². The Morgan fingerprint density at radius 3 is 1.35 bits per heavy atom. The van der Waals surface area contributed by atoms with E-state index in [1.807, 2.05) is 57.2 Å². The molecule has 0 spiro atoms. The summed E-state index contributed by atoms with van der Waals surface area (Å²) in [4.78, 5) is 34.7. The van der Waals surface area contributed by atoms with Crippen LogP contribution in [0.1, 0.15) is 109 Å². The van der Waals surface area contributed by atoms with Crippen LogP contribution in [0, 0.1) is 17.8 Å². The van der Waals surface area contributed by atoms with E-state index in [1.54, 1.807) is 0 Å². The predicted octanol–water partition coefficient (Wildman–Crippen LogP) is 7.89. The van der Waals surface area contributed by atoms with Crippen LogP contribution in [0.2, 0.25) is 0 Å². The van der Waals surface area contributed by atoms with E-state index in [2.05, 4.69) is 43.4 Å². The van der Waals surface area contributed by atoms with Crippen molar-refractivity contribution in [2.24, 2.45) is 17.8 Å². The molecule has 0 aliphatic rings. The summed E-state index contributed by atoms with van der Waals surface area (Å²) in [6, 6.07) is 20.3. The fourth-order valence-electron chi connectivity index (χ4n) is 5.24. The fraction of sp³-hybridized carbons (Fsp3) is 0.559. The molecule has 2 aromatic rings. The number of hydrogen-bond donors (Lipinski definition) is 3. The van der Waals surface area contributed by atoms with E-state index in [0.717, 1.165) is 25.7 Å². The van der Waals surface area contributed by atoms with E-state index in [9.17, 15) is 19.5 Å². The van der Waals surface area contributed by atoms with Crippen molar-refractivity contribution in [3.63, 3.8) is 0 Å². The highest BCUT2D eigenvalue weighted by Gasteiger charge is 2.25. The Balaban J connectivity index is 0.000000433. The number of nitrogens with one attached hydrogen (secondary N) is 1. The SMILES string of the molecule is CCC(CC(CC)c1ccccc1)C(=O)O.CCNC(=O)C(CC)CCC(CC(CC)c1ccccc1)C(=O)O. The molecule has 1 amide bonds. The van der Waals surface area contributed by atoms with Crippen LogP contribution in [0.5, 0.6) is 0 Å². The zero-order chi connectivity index (χ0) is 29.9. The Morgan fingerprint density at radius 2 is 1.00 bits per heavy atom. The molecule has 0 saturated heterocycles. The summed E-state index contributed by atoms with van der Waals surface area (Å²) in [6.45, 7) is 10.7. The molecule has 0 bridgehead atoms. The lowest BCUT2D eigenvalue weighted by atomic mass is 9.83. The highest BCUT2D eigenvalue weighted by molar-refractivity contribution is 5.78. The first-order valence-electron chi connectivity index (χ1n) is 15.0. The molecule has 0 radical (unpaired) electrons. The summed E-state index contributed by atoms with van der Waals surface area (Å²) in [6.07, 6.45) is 5.91. The van der Waals surface area contributed by atoms with Gasteiger partial charge >= 0.3 is 11.9 Å². The second-order valence-corrected chi connectivity index (χ2v) is 10.6. The molecule has 40 heavy (non-hydrogen) atoms. The number of aliphatic carboxylic acids is 2. The lowest BCUT2D eigenvalue weighted by molar-refractivity contribution is -0.143. The van der Waals surface area contributed by atoms with Crippen LogP contribution in [-0.4, -0.2) is 34.6 Å². The van der Waals surface area contributed by atoms with Crippen molar-refractivity contribution in [3.05, 3.63) is 71.8 Å². The van der Waals surface area contributed by atoms with Crippen LogP contribution in [0.4, 0.5) is 0 Å². The van der Waals surface area contributed by atoms with Gasteiger partial charge in [-0.05, 0) is 81.3 Å². The first-order chi connectivity index (χ1) is 19.2. The van der Waals surface area contributed by atoms with Crippen molar-refractivity contribution in [1.29, 1.82) is 0 Å². The highest BCUT2D eigenvalue weighted by atomic mass is 16.4. The van der Waals surface area contributed by atoms with Crippen molar-refractivity contribution < 1.29 is 24.6 Å². The Labute approximate surface area is 241 Å².